The van der Waals surface area contributed by atoms with E-state index in [0.717, 1.165) is 38.0 Å². The summed E-state index contributed by atoms with van der Waals surface area (Å²) < 4.78 is 4.92. The molecule has 0 aliphatic carbocycles. The van der Waals surface area contributed by atoms with E-state index in [0.29, 0.717) is 28.1 Å². The molecule has 0 unspecified atom stereocenters. The Bertz CT molecular complexity index is 663. The minimum atomic E-state index is -0.0819. The molecule has 3 heterocycles. The zero-order chi connectivity index (χ0) is 16.9. The van der Waals surface area contributed by atoms with Gasteiger partial charge in [-0.1, -0.05) is 23.2 Å². The van der Waals surface area contributed by atoms with Gasteiger partial charge in [0.15, 0.2) is 0 Å². The highest BCUT2D eigenvalue weighted by molar-refractivity contribution is 6.35. The van der Waals surface area contributed by atoms with Gasteiger partial charge < -0.3 is 9.73 Å². The van der Waals surface area contributed by atoms with Crippen LogP contribution in [0.5, 0.6) is 0 Å². The lowest BCUT2D eigenvalue weighted by Crippen LogP contribution is -2.38. The number of halogens is 2. The van der Waals surface area contributed by atoms with Crippen LogP contribution in [0.2, 0.25) is 10.0 Å². The molecular formula is C17H19Cl2N3O2. The van der Waals surface area contributed by atoms with E-state index >= 15 is 0 Å². The van der Waals surface area contributed by atoms with E-state index in [9.17, 15) is 4.79 Å². The average molecular weight is 368 g/mol. The van der Waals surface area contributed by atoms with Gasteiger partial charge in [-0.25, -0.2) is 0 Å². The Morgan fingerprint density at radius 2 is 2.00 bits per heavy atom. The number of rotatable bonds is 5. The maximum absolute atomic E-state index is 11.9. The van der Waals surface area contributed by atoms with E-state index in [4.69, 9.17) is 27.6 Å². The van der Waals surface area contributed by atoms with Gasteiger partial charge in [-0.3, -0.25) is 14.7 Å². The number of furan rings is 1. The van der Waals surface area contributed by atoms with Crippen LogP contribution in [0.3, 0.4) is 0 Å². The van der Waals surface area contributed by atoms with Crippen LogP contribution in [-0.4, -0.2) is 35.4 Å². The minimum Gasteiger partial charge on any atom is -0.472 e. The molecule has 0 atom stereocenters. The van der Waals surface area contributed by atoms with E-state index in [1.807, 2.05) is 0 Å². The summed E-state index contributed by atoms with van der Waals surface area (Å²) in [5, 5.41) is 4.19. The summed E-state index contributed by atoms with van der Waals surface area (Å²) in [6.07, 6.45) is 8.28. The molecule has 0 radical (unpaired) electrons. The molecule has 128 valence electrons. The lowest BCUT2D eigenvalue weighted by atomic mass is 9.96. The molecule has 0 bridgehead atoms. The number of piperidine rings is 1. The SMILES string of the molecule is O=C(NCC1CCN(Cc2c(Cl)cncc2Cl)CC1)c1ccoc1. The molecule has 1 aliphatic heterocycles. The Morgan fingerprint density at radius 1 is 1.29 bits per heavy atom. The summed E-state index contributed by atoms with van der Waals surface area (Å²) in [7, 11) is 0. The van der Waals surface area contributed by atoms with E-state index in [1.165, 1.54) is 12.5 Å². The maximum Gasteiger partial charge on any atom is 0.254 e. The number of carbonyl (C=O) groups is 1. The third-order valence-electron chi connectivity index (χ3n) is 4.38. The number of amides is 1. The van der Waals surface area contributed by atoms with Crippen molar-refractivity contribution >= 4 is 29.1 Å². The van der Waals surface area contributed by atoms with Crippen LogP contribution in [0.1, 0.15) is 28.8 Å². The van der Waals surface area contributed by atoms with Gasteiger partial charge in [-0.15, -0.1) is 0 Å². The van der Waals surface area contributed by atoms with E-state index < -0.39 is 0 Å². The van der Waals surface area contributed by atoms with Crippen LogP contribution in [-0.2, 0) is 6.54 Å². The molecule has 1 saturated heterocycles. The molecule has 1 aliphatic rings. The second-order valence-electron chi connectivity index (χ2n) is 6.02. The van der Waals surface area contributed by atoms with Gasteiger partial charge in [0.25, 0.3) is 5.91 Å². The van der Waals surface area contributed by atoms with Crippen molar-refractivity contribution in [3.63, 3.8) is 0 Å². The van der Waals surface area contributed by atoms with Crippen LogP contribution < -0.4 is 5.32 Å². The maximum atomic E-state index is 11.9. The van der Waals surface area contributed by atoms with E-state index in [-0.39, 0.29) is 5.91 Å². The molecule has 3 rings (SSSR count). The van der Waals surface area contributed by atoms with Crippen molar-refractivity contribution in [1.82, 2.24) is 15.2 Å². The monoisotopic (exact) mass is 367 g/mol. The molecule has 2 aromatic rings. The van der Waals surface area contributed by atoms with Crippen LogP contribution in [0.4, 0.5) is 0 Å². The molecule has 1 fully saturated rings. The fourth-order valence-corrected chi connectivity index (χ4v) is 3.38. The predicted molar refractivity (Wildman–Crippen MR) is 93.3 cm³/mol. The number of pyridine rings is 1. The van der Waals surface area contributed by atoms with Crippen molar-refractivity contribution in [2.75, 3.05) is 19.6 Å². The summed E-state index contributed by atoms with van der Waals surface area (Å²) in [6, 6.07) is 1.67. The molecule has 5 nitrogen and oxygen atoms in total. The smallest absolute Gasteiger partial charge is 0.254 e. The number of nitrogens with zero attached hydrogens (tertiary/aromatic N) is 2. The largest absolute Gasteiger partial charge is 0.472 e. The Balaban J connectivity index is 1.45. The van der Waals surface area contributed by atoms with Crippen molar-refractivity contribution in [3.05, 3.63) is 52.2 Å². The zero-order valence-electron chi connectivity index (χ0n) is 13.2. The van der Waals surface area contributed by atoms with E-state index in [2.05, 4.69) is 15.2 Å². The highest BCUT2D eigenvalue weighted by Crippen LogP contribution is 2.26. The van der Waals surface area contributed by atoms with Gasteiger partial charge in [-0.2, -0.15) is 0 Å². The lowest BCUT2D eigenvalue weighted by molar-refractivity contribution is 0.0934. The topological polar surface area (TPSA) is 58.4 Å². The van der Waals surface area contributed by atoms with Gasteiger partial charge in [0.2, 0.25) is 0 Å². The zero-order valence-corrected chi connectivity index (χ0v) is 14.7. The first kappa shape index (κ1) is 17.3. The summed E-state index contributed by atoms with van der Waals surface area (Å²) in [4.78, 5) is 18.2. The van der Waals surface area contributed by atoms with Gasteiger partial charge in [-0.05, 0) is 37.9 Å². The highest BCUT2D eigenvalue weighted by Gasteiger charge is 2.21. The molecule has 1 amide bonds. The third kappa shape index (κ3) is 4.29. The number of likely N-dealkylation sites (tertiary alicyclic amines) is 1. The van der Waals surface area contributed by atoms with Gasteiger partial charge in [0, 0.05) is 31.0 Å². The molecule has 24 heavy (non-hydrogen) atoms. The van der Waals surface area contributed by atoms with Crippen molar-refractivity contribution in [3.8, 4) is 0 Å². The first-order valence-corrected chi connectivity index (χ1v) is 8.69. The highest BCUT2D eigenvalue weighted by atomic mass is 35.5. The second kappa shape index (κ2) is 8.01. The quantitative estimate of drug-likeness (QED) is 0.876. The summed E-state index contributed by atoms with van der Waals surface area (Å²) in [5.74, 6) is 0.405. The number of nitrogens with one attached hydrogen (secondary N) is 1. The first-order chi connectivity index (χ1) is 11.6. The molecule has 7 heteroatoms. The van der Waals surface area contributed by atoms with E-state index in [1.54, 1.807) is 18.5 Å². The molecule has 2 aromatic heterocycles. The van der Waals surface area contributed by atoms with Crippen LogP contribution >= 0.6 is 23.2 Å². The van der Waals surface area contributed by atoms with Gasteiger partial charge >= 0.3 is 0 Å². The van der Waals surface area contributed by atoms with Crippen LogP contribution in [0.25, 0.3) is 0 Å². The lowest BCUT2D eigenvalue weighted by Gasteiger charge is -2.32. The summed E-state index contributed by atoms with van der Waals surface area (Å²) in [6.45, 7) is 3.34. The van der Waals surface area contributed by atoms with Gasteiger partial charge in [0.05, 0.1) is 21.9 Å². The average Bonchev–Trinajstić information content (AvgIpc) is 3.12. The molecule has 0 spiro atoms. The third-order valence-corrected chi connectivity index (χ3v) is 5.03. The fourth-order valence-electron chi connectivity index (χ4n) is 2.89. The fraction of sp³-hybridized carbons (Fsp3) is 0.412. The first-order valence-electron chi connectivity index (χ1n) is 7.94. The number of aromatic nitrogens is 1. The predicted octanol–water partition coefficient (Wildman–Crippen LogP) is 3.62. The Labute approximate surface area is 150 Å². The Morgan fingerprint density at radius 3 is 2.62 bits per heavy atom. The molecule has 0 saturated carbocycles. The second-order valence-corrected chi connectivity index (χ2v) is 6.84. The van der Waals surface area contributed by atoms with Crippen molar-refractivity contribution in [2.45, 2.75) is 19.4 Å². The number of hydrogen-bond acceptors (Lipinski definition) is 4. The Kier molecular flexibility index (Phi) is 5.76. The standard InChI is InChI=1S/C17H19Cl2N3O2/c18-15-8-20-9-16(19)14(15)10-22-4-1-12(2-5-22)7-21-17(23)13-3-6-24-11-13/h3,6,8-9,11-12H,1-2,4-5,7,10H2,(H,21,23). The van der Waals surface area contributed by atoms with Crippen LogP contribution in [0.15, 0.2) is 35.4 Å². The van der Waals surface area contributed by atoms with Crippen molar-refractivity contribution in [2.24, 2.45) is 5.92 Å². The Hall–Kier alpha value is -1.56. The summed E-state index contributed by atoms with van der Waals surface area (Å²) >= 11 is 12.4. The molecular weight excluding hydrogens is 349 g/mol. The summed E-state index contributed by atoms with van der Waals surface area (Å²) in [5.41, 5.74) is 1.49. The normalized spacial score (nSPS) is 16.2. The number of carbonyl (C=O) groups excluding carboxylic acids is 1. The minimum absolute atomic E-state index is 0.0819. The van der Waals surface area contributed by atoms with Crippen LogP contribution in [0, 0.1) is 5.92 Å². The molecule has 1 N–H and O–H groups in total. The van der Waals surface area contributed by atoms with Crippen molar-refractivity contribution < 1.29 is 9.21 Å². The molecule has 0 aromatic carbocycles. The van der Waals surface area contributed by atoms with Gasteiger partial charge in [0.1, 0.15) is 6.26 Å². The number of hydrogen-bond donors (Lipinski definition) is 1. The van der Waals surface area contributed by atoms with Crippen molar-refractivity contribution in [1.29, 1.82) is 0 Å².